The van der Waals surface area contributed by atoms with Crippen LogP contribution in [-0.2, 0) is 16.9 Å². The zero-order chi connectivity index (χ0) is 19.8. The van der Waals surface area contributed by atoms with Crippen molar-refractivity contribution in [3.8, 4) is 11.5 Å². The minimum atomic E-state index is -0.559. The zero-order valence-corrected chi connectivity index (χ0v) is 16.8. The molecule has 0 spiro atoms. The Morgan fingerprint density at radius 1 is 1.21 bits per heavy atom. The van der Waals surface area contributed by atoms with Gasteiger partial charge in [-0.15, -0.1) is 10.2 Å². The number of pyridine rings is 1. The molecule has 29 heavy (non-hydrogen) atoms. The number of nitrogens with zero attached hydrogens (tertiary/aromatic N) is 7. The van der Waals surface area contributed by atoms with Gasteiger partial charge in [-0.3, -0.25) is 9.88 Å². The van der Waals surface area contributed by atoms with Crippen molar-refractivity contribution in [3.05, 3.63) is 41.9 Å². The van der Waals surface area contributed by atoms with Crippen molar-refractivity contribution in [2.45, 2.75) is 50.8 Å². The Labute approximate surface area is 169 Å². The largest absolute Gasteiger partial charge is 0.368 e. The molecular formula is C20H25N7O2. The number of aromatic nitrogens is 6. The fourth-order valence-electron chi connectivity index (χ4n) is 4.11. The van der Waals surface area contributed by atoms with Gasteiger partial charge in [0.15, 0.2) is 0 Å². The molecule has 0 unspecified atom stereocenters. The standard InChI is InChI=1S/C20H25N7O2/c1-14-23-24-17(27(14)15-6-7-15)13-26-11-8-20(28-2,9-12-26)19-22-18(25-29-19)16-5-3-4-10-21-16/h3-5,10,15H,6-9,11-13H2,1-2H3. The SMILES string of the molecule is COC1(c2nc(-c3ccccn3)no2)CCN(Cc2nnc(C)n2C2CC2)CC1. The van der Waals surface area contributed by atoms with E-state index >= 15 is 0 Å². The van der Waals surface area contributed by atoms with Crippen LogP contribution in [0.1, 0.15) is 49.3 Å². The van der Waals surface area contributed by atoms with Crippen LogP contribution in [0.4, 0.5) is 0 Å². The molecule has 4 heterocycles. The average molecular weight is 395 g/mol. The van der Waals surface area contributed by atoms with Crippen molar-refractivity contribution >= 4 is 0 Å². The first-order chi connectivity index (χ1) is 14.2. The third kappa shape index (κ3) is 3.44. The van der Waals surface area contributed by atoms with Crippen molar-refractivity contribution in [3.63, 3.8) is 0 Å². The van der Waals surface area contributed by atoms with E-state index in [4.69, 9.17) is 9.26 Å². The average Bonchev–Trinajstić information content (AvgIpc) is 3.34. The molecule has 1 aliphatic carbocycles. The molecule has 152 valence electrons. The van der Waals surface area contributed by atoms with Gasteiger partial charge >= 0.3 is 0 Å². The van der Waals surface area contributed by atoms with Gasteiger partial charge in [-0.05, 0) is 44.7 Å². The zero-order valence-electron chi connectivity index (χ0n) is 16.8. The smallest absolute Gasteiger partial charge is 0.259 e. The van der Waals surface area contributed by atoms with Gasteiger partial charge in [0.05, 0.1) is 6.54 Å². The fraction of sp³-hybridized carbons (Fsp3) is 0.550. The van der Waals surface area contributed by atoms with Gasteiger partial charge in [-0.1, -0.05) is 11.2 Å². The van der Waals surface area contributed by atoms with Gasteiger partial charge in [-0.25, -0.2) is 0 Å². The summed E-state index contributed by atoms with van der Waals surface area (Å²) in [5.74, 6) is 3.09. The maximum atomic E-state index is 5.91. The highest BCUT2D eigenvalue weighted by atomic mass is 16.5. The molecule has 9 heteroatoms. The monoisotopic (exact) mass is 395 g/mol. The second kappa shape index (κ2) is 7.31. The Bertz CT molecular complexity index is 972. The van der Waals surface area contributed by atoms with Crippen molar-refractivity contribution in [2.75, 3.05) is 20.2 Å². The summed E-state index contributed by atoms with van der Waals surface area (Å²) < 4.78 is 13.8. The topological polar surface area (TPSA) is 95.0 Å². The minimum Gasteiger partial charge on any atom is -0.368 e. The van der Waals surface area contributed by atoms with E-state index in [0.717, 1.165) is 44.1 Å². The van der Waals surface area contributed by atoms with Crippen LogP contribution in [0, 0.1) is 6.92 Å². The van der Waals surface area contributed by atoms with Crippen LogP contribution < -0.4 is 0 Å². The lowest BCUT2D eigenvalue weighted by atomic mass is 9.91. The highest BCUT2D eigenvalue weighted by Crippen LogP contribution is 2.38. The molecule has 2 aliphatic rings. The molecule has 1 saturated heterocycles. The summed E-state index contributed by atoms with van der Waals surface area (Å²) in [6.07, 6.45) is 5.74. The van der Waals surface area contributed by atoms with Gasteiger partial charge in [0.25, 0.3) is 5.89 Å². The summed E-state index contributed by atoms with van der Waals surface area (Å²) in [6, 6.07) is 6.23. The van der Waals surface area contributed by atoms with E-state index in [1.807, 2.05) is 25.1 Å². The van der Waals surface area contributed by atoms with Crippen LogP contribution in [0.25, 0.3) is 11.5 Å². The van der Waals surface area contributed by atoms with E-state index in [1.54, 1.807) is 13.3 Å². The van der Waals surface area contributed by atoms with E-state index < -0.39 is 5.60 Å². The molecule has 9 nitrogen and oxygen atoms in total. The summed E-state index contributed by atoms with van der Waals surface area (Å²) in [6.45, 7) is 4.58. The van der Waals surface area contributed by atoms with Gasteiger partial charge in [-0.2, -0.15) is 4.98 Å². The first-order valence-corrected chi connectivity index (χ1v) is 10.1. The van der Waals surface area contributed by atoms with Crippen LogP contribution in [-0.4, -0.2) is 55.0 Å². The van der Waals surface area contributed by atoms with Gasteiger partial charge < -0.3 is 13.8 Å². The lowest BCUT2D eigenvalue weighted by Crippen LogP contribution is -2.44. The Morgan fingerprint density at radius 2 is 2.03 bits per heavy atom. The molecule has 3 aromatic heterocycles. The van der Waals surface area contributed by atoms with E-state index in [0.29, 0.717) is 23.5 Å². The molecule has 1 aliphatic heterocycles. The molecule has 1 saturated carbocycles. The predicted octanol–water partition coefficient (Wildman–Crippen LogP) is 2.50. The predicted molar refractivity (Wildman–Crippen MR) is 104 cm³/mol. The molecule has 2 fully saturated rings. The normalized spacial score (nSPS) is 19.5. The number of rotatable bonds is 6. The van der Waals surface area contributed by atoms with E-state index in [2.05, 4.69) is 34.8 Å². The third-order valence-electron chi connectivity index (χ3n) is 5.98. The van der Waals surface area contributed by atoms with Crippen LogP contribution in [0.15, 0.2) is 28.9 Å². The Balaban J connectivity index is 1.29. The molecule has 3 aromatic rings. The van der Waals surface area contributed by atoms with E-state index in [9.17, 15) is 0 Å². The van der Waals surface area contributed by atoms with E-state index in [-0.39, 0.29) is 0 Å². The number of hydrogen-bond donors (Lipinski definition) is 0. The van der Waals surface area contributed by atoms with Crippen molar-refractivity contribution in [1.82, 2.24) is 34.8 Å². The third-order valence-corrected chi connectivity index (χ3v) is 5.98. The summed E-state index contributed by atoms with van der Waals surface area (Å²) >= 11 is 0. The molecule has 0 radical (unpaired) electrons. The highest BCUT2D eigenvalue weighted by Gasteiger charge is 2.42. The summed E-state index contributed by atoms with van der Waals surface area (Å²) in [5.41, 5.74) is 0.136. The Hall–Kier alpha value is -2.65. The molecule has 0 atom stereocenters. The second-order valence-electron chi connectivity index (χ2n) is 7.88. The first-order valence-electron chi connectivity index (χ1n) is 10.1. The maximum absolute atomic E-state index is 5.91. The lowest BCUT2D eigenvalue weighted by Gasteiger charge is -2.38. The van der Waals surface area contributed by atoms with Crippen molar-refractivity contribution in [1.29, 1.82) is 0 Å². The second-order valence-corrected chi connectivity index (χ2v) is 7.88. The number of piperidine rings is 1. The van der Waals surface area contributed by atoms with Gasteiger partial charge in [0, 0.05) is 32.4 Å². The molecule has 5 rings (SSSR count). The Morgan fingerprint density at radius 3 is 2.72 bits per heavy atom. The summed E-state index contributed by atoms with van der Waals surface area (Å²) in [4.78, 5) is 11.3. The van der Waals surface area contributed by atoms with Crippen LogP contribution in [0.2, 0.25) is 0 Å². The lowest BCUT2D eigenvalue weighted by molar-refractivity contribution is -0.0842. The van der Waals surface area contributed by atoms with Crippen LogP contribution in [0.3, 0.4) is 0 Å². The fourth-order valence-corrected chi connectivity index (χ4v) is 4.11. The van der Waals surface area contributed by atoms with Crippen molar-refractivity contribution in [2.24, 2.45) is 0 Å². The molecular weight excluding hydrogens is 370 g/mol. The number of hydrogen-bond acceptors (Lipinski definition) is 8. The minimum absolute atomic E-state index is 0.493. The molecule has 0 amide bonds. The van der Waals surface area contributed by atoms with E-state index in [1.165, 1.54) is 12.8 Å². The Kier molecular flexibility index (Phi) is 4.63. The quantitative estimate of drug-likeness (QED) is 0.628. The molecule has 0 aromatic carbocycles. The van der Waals surface area contributed by atoms with Gasteiger partial charge in [0.2, 0.25) is 5.82 Å². The number of likely N-dealkylation sites (tertiary alicyclic amines) is 1. The number of ether oxygens (including phenoxy) is 1. The number of methoxy groups -OCH3 is 1. The number of aryl methyl sites for hydroxylation is 1. The van der Waals surface area contributed by atoms with Crippen LogP contribution >= 0.6 is 0 Å². The first kappa shape index (κ1) is 18.4. The molecule has 0 N–H and O–H groups in total. The van der Waals surface area contributed by atoms with Gasteiger partial charge in [0.1, 0.15) is 22.9 Å². The molecule has 0 bridgehead atoms. The highest BCUT2D eigenvalue weighted by molar-refractivity contribution is 5.47. The maximum Gasteiger partial charge on any atom is 0.259 e. The van der Waals surface area contributed by atoms with Crippen LogP contribution in [0.5, 0.6) is 0 Å². The summed E-state index contributed by atoms with van der Waals surface area (Å²) in [5, 5.41) is 12.8. The van der Waals surface area contributed by atoms with Crippen molar-refractivity contribution < 1.29 is 9.26 Å². The summed E-state index contributed by atoms with van der Waals surface area (Å²) in [7, 11) is 1.72.